The summed E-state index contributed by atoms with van der Waals surface area (Å²) in [5.41, 5.74) is 5.83. The lowest BCUT2D eigenvalue weighted by atomic mass is 9.85. The van der Waals surface area contributed by atoms with Crippen molar-refractivity contribution >= 4 is 6.29 Å². The molecule has 0 amide bonds. The van der Waals surface area contributed by atoms with Crippen molar-refractivity contribution in [3.63, 3.8) is 0 Å². The van der Waals surface area contributed by atoms with Crippen LogP contribution in [0.1, 0.15) is 74.2 Å². The van der Waals surface area contributed by atoms with Crippen LogP contribution in [0.4, 0.5) is 0 Å². The first-order valence-electron chi connectivity index (χ1n) is 10.4. The summed E-state index contributed by atoms with van der Waals surface area (Å²) in [5.74, 6) is 0. The maximum Gasteiger partial charge on any atom is 0.150 e. The van der Waals surface area contributed by atoms with Gasteiger partial charge >= 0.3 is 0 Å². The van der Waals surface area contributed by atoms with E-state index in [4.69, 9.17) is 4.74 Å². The minimum atomic E-state index is 0.0248. The predicted octanol–water partition coefficient (Wildman–Crippen LogP) is 5.74. The lowest BCUT2D eigenvalue weighted by Gasteiger charge is -2.22. The Morgan fingerprint density at radius 3 is 2.17 bits per heavy atom. The monoisotopic (exact) mass is 395 g/mol. The maximum absolute atomic E-state index is 11.3. The van der Waals surface area contributed by atoms with Gasteiger partial charge in [0.25, 0.3) is 0 Å². The average molecular weight is 396 g/mol. The SMILES string of the molecule is CN(CCOCc1cccc(C(C)(C)C)c1)Cc1cc(C=O)cc(C(C)(C)C)c1. The summed E-state index contributed by atoms with van der Waals surface area (Å²) < 4.78 is 5.92. The first kappa shape index (κ1) is 23.3. The van der Waals surface area contributed by atoms with Gasteiger partial charge in [-0.25, -0.2) is 0 Å². The highest BCUT2D eigenvalue weighted by molar-refractivity contribution is 5.75. The molecule has 0 atom stereocenters. The molecule has 0 N–H and O–H groups in total. The van der Waals surface area contributed by atoms with Crippen molar-refractivity contribution < 1.29 is 9.53 Å². The highest BCUT2D eigenvalue weighted by Crippen LogP contribution is 2.25. The molecule has 2 aromatic rings. The minimum absolute atomic E-state index is 0.0248. The zero-order valence-corrected chi connectivity index (χ0v) is 19.2. The van der Waals surface area contributed by atoms with Crippen molar-refractivity contribution in [2.24, 2.45) is 0 Å². The molecule has 0 heterocycles. The van der Waals surface area contributed by atoms with Crippen LogP contribution in [-0.4, -0.2) is 31.4 Å². The van der Waals surface area contributed by atoms with Crippen LogP contribution in [0.15, 0.2) is 42.5 Å². The van der Waals surface area contributed by atoms with E-state index in [0.29, 0.717) is 13.2 Å². The molecule has 0 aromatic heterocycles. The highest BCUT2D eigenvalue weighted by atomic mass is 16.5. The average Bonchev–Trinajstić information content (AvgIpc) is 2.64. The van der Waals surface area contributed by atoms with Crippen LogP contribution in [0.3, 0.4) is 0 Å². The third kappa shape index (κ3) is 7.41. The van der Waals surface area contributed by atoms with E-state index >= 15 is 0 Å². The van der Waals surface area contributed by atoms with E-state index in [-0.39, 0.29) is 10.8 Å². The van der Waals surface area contributed by atoms with Gasteiger partial charge in [0.2, 0.25) is 0 Å². The normalized spacial score (nSPS) is 12.4. The van der Waals surface area contributed by atoms with Gasteiger partial charge in [0.15, 0.2) is 0 Å². The Morgan fingerprint density at radius 2 is 1.55 bits per heavy atom. The number of carbonyl (C=O) groups is 1. The second-order valence-electron chi connectivity index (χ2n) is 10.1. The molecule has 0 aliphatic rings. The molecule has 0 unspecified atom stereocenters. The number of likely N-dealkylation sites (N-methyl/N-ethyl adjacent to an activating group) is 1. The number of hydrogen-bond acceptors (Lipinski definition) is 3. The standard InChI is InChI=1S/C26H37NO2/c1-25(2,3)23-10-8-9-20(14-23)19-29-12-11-27(7)17-21-13-22(18-28)16-24(15-21)26(4,5)6/h8-10,13-16,18H,11-12,17,19H2,1-7H3. The Balaban J connectivity index is 1.88. The fourth-order valence-electron chi connectivity index (χ4n) is 3.24. The van der Waals surface area contributed by atoms with Crippen molar-refractivity contribution in [1.82, 2.24) is 4.90 Å². The van der Waals surface area contributed by atoms with Crippen LogP contribution in [0.2, 0.25) is 0 Å². The molecular formula is C26H37NO2. The summed E-state index contributed by atoms with van der Waals surface area (Å²) in [6.45, 7) is 16.2. The van der Waals surface area contributed by atoms with Gasteiger partial charge in [-0.1, -0.05) is 71.9 Å². The van der Waals surface area contributed by atoms with Crippen molar-refractivity contribution in [3.8, 4) is 0 Å². The lowest BCUT2D eigenvalue weighted by Crippen LogP contribution is -2.23. The van der Waals surface area contributed by atoms with E-state index in [1.165, 1.54) is 22.3 Å². The van der Waals surface area contributed by atoms with Gasteiger partial charge in [0.1, 0.15) is 6.29 Å². The summed E-state index contributed by atoms with van der Waals surface area (Å²) in [6, 6.07) is 14.8. The molecule has 3 heteroatoms. The molecule has 0 aliphatic heterocycles. The summed E-state index contributed by atoms with van der Waals surface area (Å²) in [4.78, 5) is 13.6. The fourth-order valence-corrected chi connectivity index (χ4v) is 3.24. The Labute approximate surface area is 177 Å². The van der Waals surface area contributed by atoms with E-state index in [0.717, 1.165) is 24.9 Å². The van der Waals surface area contributed by atoms with Crippen molar-refractivity contribution in [1.29, 1.82) is 0 Å². The number of rotatable bonds is 8. The molecule has 0 radical (unpaired) electrons. The summed E-state index contributed by atoms with van der Waals surface area (Å²) in [6.07, 6.45) is 0.938. The van der Waals surface area contributed by atoms with Crippen LogP contribution in [0, 0.1) is 0 Å². The maximum atomic E-state index is 11.3. The second-order valence-corrected chi connectivity index (χ2v) is 10.1. The number of ether oxygens (including phenoxy) is 1. The first-order valence-corrected chi connectivity index (χ1v) is 10.4. The van der Waals surface area contributed by atoms with Gasteiger partial charge in [-0.15, -0.1) is 0 Å². The molecule has 0 fully saturated rings. The molecule has 158 valence electrons. The Kier molecular flexibility index (Phi) is 7.79. The zero-order chi connectivity index (χ0) is 21.7. The smallest absolute Gasteiger partial charge is 0.150 e. The quantitative estimate of drug-likeness (QED) is 0.421. The van der Waals surface area contributed by atoms with E-state index < -0.39 is 0 Å². The molecule has 0 saturated carbocycles. The van der Waals surface area contributed by atoms with Crippen LogP contribution in [0.25, 0.3) is 0 Å². The highest BCUT2D eigenvalue weighted by Gasteiger charge is 2.16. The molecule has 0 aliphatic carbocycles. The number of benzene rings is 2. The zero-order valence-electron chi connectivity index (χ0n) is 19.2. The summed E-state index contributed by atoms with van der Waals surface area (Å²) in [7, 11) is 2.09. The molecule has 0 bridgehead atoms. The molecule has 0 spiro atoms. The number of aldehydes is 1. The van der Waals surface area contributed by atoms with Crippen molar-refractivity contribution in [3.05, 3.63) is 70.3 Å². The topological polar surface area (TPSA) is 29.5 Å². The van der Waals surface area contributed by atoms with Gasteiger partial charge in [0.05, 0.1) is 13.2 Å². The van der Waals surface area contributed by atoms with Gasteiger partial charge in [0, 0.05) is 18.7 Å². The minimum Gasteiger partial charge on any atom is -0.375 e. The van der Waals surface area contributed by atoms with E-state index in [9.17, 15) is 4.79 Å². The largest absolute Gasteiger partial charge is 0.375 e. The molecule has 2 rings (SSSR count). The van der Waals surface area contributed by atoms with Crippen LogP contribution < -0.4 is 0 Å². The molecule has 3 nitrogen and oxygen atoms in total. The number of nitrogens with zero attached hydrogens (tertiary/aromatic N) is 1. The van der Waals surface area contributed by atoms with Crippen molar-refractivity contribution in [2.45, 2.75) is 65.5 Å². The fraction of sp³-hybridized carbons (Fsp3) is 0.500. The molecular weight excluding hydrogens is 358 g/mol. The Bertz CT molecular complexity index is 812. The van der Waals surface area contributed by atoms with E-state index in [1.54, 1.807) is 0 Å². The van der Waals surface area contributed by atoms with Gasteiger partial charge < -0.3 is 4.74 Å². The predicted molar refractivity (Wildman–Crippen MR) is 122 cm³/mol. The van der Waals surface area contributed by atoms with E-state index in [1.807, 2.05) is 12.1 Å². The lowest BCUT2D eigenvalue weighted by molar-refractivity contribution is 0.0979. The summed E-state index contributed by atoms with van der Waals surface area (Å²) in [5, 5.41) is 0. The number of hydrogen-bond donors (Lipinski definition) is 0. The molecule has 29 heavy (non-hydrogen) atoms. The van der Waals surface area contributed by atoms with Crippen LogP contribution in [-0.2, 0) is 28.7 Å². The third-order valence-electron chi connectivity index (χ3n) is 5.15. The van der Waals surface area contributed by atoms with Gasteiger partial charge in [-0.3, -0.25) is 9.69 Å². The first-order chi connectivity index (χ1) is 13.5. The van der Waals surface area contributed by atoms with Crippen molar-refractivity contribution in [2.75, 3.05) is 20.2 Å². The third-order valence-corrected chi connectivity index (χ3v) is 5.15. The second kappa shape index (κ2) is 9.69. The summed E-state index contributed by atoms with van der Waals surface area (Å²) >= 11 is 0. The van der Waals surface area contributed by atoms with Gasteiger partial charge in [-0.05, 0) is 52.3 Å². The Morgan fingerprint density at radius 1 is 0.897 bits per heavy atom. The van der Waals surface area contributed by atoms with Crippen LogP contribution >= 0.6 is 0 Å². The number of carbonyl (C=O) groups excluding carboxylic acids is 1. The van der Waals surface area contributed by atoms with Crippen LogP contribution in [0.5, 0.6) is 0 Å². The Hall–Kier alpha value is -1.97. The molecule has 0 saturated heterocycles. The molecule has 2 aromatic carbocycles. The van der Waals surface area contributed by atoms with Gasteiger partial charge in [-0.2, -0.15) is 0 Å². The van der Waals surface area contributed by atoms with E-state index in [2.05, 4.69) is 83.8 Å².